The fourth-order valence-corrected chi connectivity index (χ4v) is 2.21. The Balaban J connectivity index is 1.86. The second kappa shape index (κ2) is 10.2. The molecular formula is C17H22N4O4. The van der Waals surface area contributed by atoms with E-state index in [1.165, 1.54) is 18.6 Å². The first-order valence-corrected chi connectivity index (χ1v) is 8.04. The average Bonchev–Trinajstić information content (AvgIpc) is 3.16. The molecule has 0 aromatic carbocycles. The summed E-state index contributed by atoms with van der Waals surface area (Å²) in [5, 5.41) is 2.76. The molecule has 0 unspecified atom stereocenters. The van der Waals surface area contributed by atoms with E-state index in [2.05, 4.69) is 15.3 Å². The molecule has 134 valence electrons. The molecule has 0 atom stereocenters. The van der Waals surface area contributed by atoms with Crippen LogP contribution in [-0.2, 0) is 16.1 Å². The van der Waals surface area contributed by atoms with Crippen LogP contribution in [0.4, 0.5) is 0 Å². The van der Waals surface area contributed by atoms with Gasteiger partial charge in [0.25, 0.3) is 5.91 Å². The van der Waals surface area contributed by atoms with E-state index >= 15 is 0 Å². The minimum atomic E-state index is -0.247. The van der Waals surface area contributed by atoms with Gasteiger partial charge in [-0.3, -0.25) is 14.6 Å². The van der Waals surface area contributed by atoms with Crippen LogP contribution in [0.1, 0.15) is 29.1 Å². The van der Waals surface area contributed by atoms with Crippen LogP contribution < -0.4 is 5.32 Å². The monoisotopic (exact) mass is 346 g/mol. The molecule has 0 fully saturated rings. The average molecular weight is 346 g/mol. The first kappa shape index (κ1) is 18.6. The lowest BCUT2D eigenvalue weighted by Gasteiger charge is -2.22. The van der Waals surface area contributed by atoms with Gasteiger partial charge in [0.15, 0.2) is 0 Å². The smallest absolute Gasteiger partial charge is 0.274 e. The molecule has 8 heteroatoms. The molecule has 2 aromatic heterocycles. The minimum Gasteiger partial charge on any atom is -0.467 e. The van der Waals surface area contributed by atoms with Crippen molar-refractivity contribution in [3.63, 3.8) is 0 Å². The Morgan fingerprint density at radius 3 is 2.88 bits per heavy atom. The Morgan fingerprint density at radius 2 is 2.20 bits per heavy atom. The molecule has 0 aliphatic carbocycles. The van der Waals surface area contributed by atoms with Crippen LogP contribution in [0.3, 0.4) is 0 Å². The zero-order valence-corrected chi connectivity index (χ0v) is 14.2. The molecule has 25 heavy (non-hydrogen) atoms. The van der Waals surface area contributed by atoms with Crippen LogP contribution in [0.5, 0.6) is 0 Å². The van der Waals surface area contributed by atoms with Crippen molar-refractivity contribution in [2.45, 2.75) is 19.4 Å². The summed E-state index contributed by atoms with van der Waals surface area (Å²) in [5.41, 5.74) is 0.260. The minimum absolute atomic E-state index is 0.153. The number of carbonyl (C=O) groups excluding carboxylic acids is 2. The molecule has 0 bridgehead atoms. The number of nitrogens with zero attached hydrogens (tertiary/aromatic N) is 3. The van der Waals surface area contributed by atoms with Gasteiger partial charge < -0.3 is 19.4 Å². The predicted octanol–water partition coefficient (Wildman–Crippen LogP) is 1.25. The molecule has 2 amide bonds. The van der Waals surface area contributed by atoms with Crippen molar-refractivity contribution < 1.29 is 18.7 Å². The maximum absolute atomic E-state index is 12.5. The highest BCUT2D eigenvalue weighted by Crippen LogP contribution is 2.04. The lowest BCUT2D eigenvalue weighted by Crippen LogP contribution is -2.36. The summed E-state index contributed by atoms with van der Waals surface area (Å²) in [5.74, 6) is 0.282. The van der Waals surface area contributed by atoms with E-state index in [-0.39, 0.29) is 23.9 Å². The topological polar surface area (TPSA) is 97.6 Å². The highest BCUT2D eigenvalue weighted by Gasteiger charge is 2.18. The third kappa shape index (κ3) is 6.34. The maximum Gasteiger partial charge on any atom is 0.274 e. The highest BCUT2D eigenvalue weighted by atomic mass is 16.5. The van der Waals surface area contributed by atoms with Crippen LogP contribution in [0.15, 0.2) is 41.4 Å². The van der Waals surface area contributed by atoms with Crippen molar-refractivity contribution >= 4 is 11.8 Å². The normalized spacial score (nSPS) is 10.4. The number of carbonyl (C=O) groups is 2. The van der Waals surface area contributed by atoms with Crippen molar-refractivity contribution in [3.05, 3.63) is 48.4 Å². The quantitative estimate of drug-likeness (QED) is 0.650. The van der Waals surface area contributed by atoms with E-state index in [0.717, 1.165) is 0 Å². The van der Waals surface area contributed by atoms with Crippen LogP contribution in [0.25, 0.3) is 0 Å². The number of hydrogen-bond acceptors (Lipinski definition) is 6. The maximum atomic E-state index is 12.5. The van der Waals surface area contributed by atoms with E-state index in [9.17, 15) is 9.59 Å². The third-order valence-electron chi connectivity index (χ3n) is 3.49. The fourth-order valence-electron chi connectivity index (χ4n) is 2.21. The number of methoxy groups -OCH3 is 1. The Kier molecular flexibility index (Phi) is 7.58. The van der Waals surface area contributed by atoms with Gasteiger partial charge in [-0.25, -0.2) is 4.98 Å². The van der Waals surface area contributed by atoms with Gasteiger partial charge in [0.1, 0.15) is 11.5 Å². The van der Waals surface area contributed by atoms with Crippen LogP contribution in [0, 0.1) is 0 Å². The van der Waals surface area contributed by atoms with E-state index in [0.29, 0.717) is 38.4 Å². The molecule has 2 aromatic rings. The van der Waals surface area contributed by atoms with E-state index in [4.69, 9.17) is 9.15 Å². The summed E-state index contributed by atoms with van der Waals surface area (Å²) in [6.45, 7) is 1.64. The largest absolute Gasteiger partial charge is 0.467 e. The molecule has 0 saturated carbocycles. The van der Waals surface area contributed by atoms with Gasteiger partial charge in [-0.2, -0.15) is 0 Å². The number of ether oxygens (including phenoxy) is 1. The van der Waals surface area contributed by atoms with Gasteiger partial charge in [-0.1, -0.05) is 0 Å². The van der Waals surface area contributed by atoms with Crippen molar-refractivity contribution in [1.29, 1.82) is 0 Å². The summed E-state index contributed by atoms with van der Waals surface area (Å²) in [4.78, 5) is 34.1. The fraction of sp³-hybridized carbons (Fsp3) is 0.412. The Morgan fingerprint density at radius 1 is 1.32 bits per heavy atom. The highest BCUT2D eigenvalue weighted by molar-refractivity contribution is 5.92. The van der Waals surface area contributed by atoms with Crippen LogP contribution >= 0.6 is 0 Å². The number of amides is 2. The second-order valence-electron chi connectivity index (χ2n) is 5.34. The van der Waals surface area contributed by atoms with Crippen molar-refractivity contribution in [2.24, 2.45) is 0 Å². The molecule has 0 aliphatic heterocycles. The van der Waals surface area contributed by atoms with Crippen molar-refractivity contribution in [1.82, 2.24) is 20.2 Å². The molecule has 8 nitrogen and oxygen atoms in total. The van der Waals surface area contributed by atoms with Gasteiger partial charge in [0.2, 0.25) is 5.91 Å². The van der Waals surface area contributed by atoms with Crippen molar-refractivity contribution in [3.8, 4) is 0 Å². The molecule has 0 aliphatic rings. The van der Waals surface area contributed by atoms with E-state index < -0.39 is 0 Å². The lowest BCUT2D eigenvalue weighted by molar-refractivity contribution is -0.121. The SMILES string of the molecule is COCCCN(CCC(=O)NCc1ccco1)C(=O)c1cnccn1. The molecular weight excluding hydrogens is 324 g/mol. The van der Waals surface area contributed by atoms with Crippen LogP contribution in [-0.4, -0.2) is 53.5 Å². The first-order valence-electron chi connectivity index (χ1n) is 8.04. The first-order chi connectivity index (χ1) is 12.2. The molecule has 0 radical (unpaired) electrons. The summed E-state index contributed by atoms with van der Waals surface area (Å²) < 4.78 is 10.2. The van der Waals surface area contributed by atoms with E-state index in [1.54, 1.807) is 30.4 Å². The van der Waals surface area contributed by atoms with Gasteiger partial charge in [0.05, 0.1) is 19.0 Å². The molecule has 0 saturated heterocycles. The van der Waals surface area contributed by atoms with Gasteiger partial charge >= 0.3 is 0 Å². The van der Waals surface area contributed by atoms with Gasteiger partial charge in [-0.05, 0) is 18.6 Å². The van der Waals surface area contributed by atoms with Gasteiger partial charge in [0, 0.05) is 45.6 Å². The summed E-state index contributed by atoms with van der Waals surface area (Å²) in [7, 11) is 1.61. The number of furan rings is 1. The number of aromatic nitrogens is 2. The lowest BCUT2D eigenvalue weighted by atomic mass is 10.3. The second-order valence-corrected chi connectivity index (χ2v) is 5.34. The van der Waals surface area contributed by atoms with Crippen molar-refractivity contribution in [2.75, 3.05) is 26.8 Å². The number of hydrogen-bond donors (Lipinski definition) is 1. The molecule has 2 rings (SSSR count). The summed E-state index contributed by atoms with van der Waals surface area (Å²) in [6, 6.07) is 3.55. The Labute approximate surface area is 146 Å². The zero-order chi connectivity index (χ0) is 17.9. The number of nitrogens with one attached hydrogen (secondary N) is 1. The van der Waals surface area contributed by atoms with E-state index in [1.807, 2.05) is 0 Å². The van der Waals surface area contributed by atoms with Gasteiger partial charge in [-0.15, -0.1) is 0 Å². The molecule has 1 N–H and O–H groups in total. The summed E-state index contributed by atoms with van der Waals surface area (Å²) in [6.07, 6.45) is 6.82. The Hall–Kier alpha value is -2.74. The van der Waals surface area contributed by atoms with Crippen LogP contribution in [0.2, 0.25) is 0 Å². The summed E-state index contributed by atoms with van der Waals surface area (Å²) >= 11 is 0. The predicted molar refractivity (Wildman–Crippen MR) is 89.6 cm³/mol. The third-order valence-corrected chi connectivity index (χ3v) is 3.49. The zero-order valence-electron chi connectivity index (χ0n) is 14.2. The number of rotatable bonds is 10. The Bertz CT molecular complexity index is 646. The molecule has 0 spiro atoms. The molecule has 2 heterocycles. The standard InChI is InChI=1S/C17H22N4O4/c1-24-10-3-8-21(17(23)15-13-18-6-7-19-15)9-5-16(22)20-12-14-4-2-11-25-14/h2,4,6-7,11,13H,3,5,8-10,12H2,1H3,(H,20,22).